The zero-order valence-corrected chi connectivity index (χ0v) is 11.9. The quantitative estimate of drug-likeness (QED) is 0.624. The van der Waals surface area contributed by atoms with Gasteiger partial charge in [0.15, 0.2) is 0 Å². The number of terminal acetylenes is 1. The number of rotatable bonds is 3. The summed E-state index contributed by atoms with van der Waals surface area (Å²) in [6.45, 7) is 6.09. The van der Waals surface area contributed by atoms with E-state index in [1.54, 1.807) is 6.92 Å². The van der Waals surface area contributed by atoms with E-state index in [0.29, 0.717) is 12.3 Å². The van der Waals surface area contributed by atoms with Crippen molar-refractivity contribution in [2.75, 3.05) is 0 Å². The standard InChI is InChI=1S/C11H16Br2O/c1-5-10(4,14)7-6-8-9(2,3)11(8,12)13/h1,8,14H,6-7H2,2-4H3. The van der Waals surface area contributed by atoms with Crippen molar-refractivity contribution >= 4 is 31.9 Å². The van der Waals surface area contributed by atoms with Crippen molar-refractivity contribution < 1.29 is 5.11 Å². The highest BCUT2D eigenvalue weighted by molar-refractivity contribution is 9.25. The van der Waals surface area contributed by atoms with Crippen LogP contribution in [-0.2, 0) is 0 Å². The Hall–Kier alpha value is 0.480. The summed E-state index contributed by atoms with van der Waals surface area (Å²) in [5, 5.41) is 9.67. The average Bonchev–Trinajstić information content (AvgIpc) is 2.41. The second kappa shape index (κ2) is 3.50. The zero-order chi connectivity index (χ0) is 11.2. The molecule has 2 unspecified atom stereocenters. The van der Waals surface area contributed by atoms with E-state index < -0.39 is 5.60 Å². The van der Waals surface area contributed by atoms with Gasteiger partial charge in [0.2, 0.25) is 0 Å². The largest absolute Gasteiger partial charge is 0.378 e. The molecule has 0 aliphatic heterocycles. The Morgan fingerprint density at radius 2 is 1.93 bits per heavy atom. The van der Waals surface area contributed by atoms with Crippen molar-refractivity contribution in [3.05, 3.63) is 0 Å². The van der Waals surface area contributed by atoms with Gasteiger partial charge in [-0.2, -0.15) is 0 Å². The van der Waals surface area contributed by atoms with Crippen LogP contribution < -0.4 is 0 Å². The Morgan fingerprint density at radius 1 is 1.50 bits per heavy atom. The predicted molar refractivity (Wildman–Crippen MR) is 66.5 cm³/mol. The molecule has 1 rings (SSSR count). The van der Waals surface area contributed by atoms with Gasteiger partial charge in [0.05, 0.1) is 3.23 Å². The van der Waals surface area contributed by atoms with Crippen LogP contribution >= 0.6 is 31.9 Å². The van der Waals surface area contributed by atoms with Crippen LogP contribution in [0.1, 0.15) is 33.6 Å². The van der Waals surface area contributed by atoms with Gasteiger partial charge >= 0.3 is 0 Å². The van der Waals surface area contributed by atoms with Gasteiger partial charge in [0.25, 0.3) is 0 Å². The van der Waals surface area contributed by atoms with E-state index in [0.717, 1.165) is 6.42 Å². The van der Waals surface area contributed by atoms with Crippen molar-refractivity contribution in [1.82, 2.24) is 0 Å². The highest BCUT2D eigenvalue weighted by Crippen LogP contribution is 2.72. The Balaban J connectivity index is 2.48. The minimum atomic E-state index is -0.964. The number of aliphatic hydroxyl groups is 1. The predicted octanol–water partition coefficient (Wildman–Crippen LogP) is 3.29. The smallest absolute Gasteiger partial charge is 0.122 e. The lowest BCUT2D eigenvalue weighted by Crippen LogP contribution is -2.21. The molecular formula is C11H16Br2O. The molecule has 0 aromatic heterocycles. The summed E-state index contributed by atoms with van der Waals surface area (Å²) in [6, 6.07) is 0. The molecule has 1 nitrogen and oxygen atoms in total. The van der Waals surface area contributed by atoms with E-state index in [1.807, 2.05) is 0 Å². The maximum atomic E-state index is 9.67. The molecule has 0 saturated heterocycles. The Bertz CT molecular complexity index is 260. The third-order valence-electron chi connectivity index (χ3n) is 3.32. The molecule has 0 amide bonds. The number of hydrogen-bond acceptors (Lipinski definition) is 1. The van der Waals surface area contributed by atoms with Gasteiger partial charge in [0, 0.05) is 0 Å². The van der Waals surface area contributed by atoms with E-state index in [-0.39, 0.29) is 8.65 Å². The molecule has 0 bridgehead atoms. The second-order valence-corrected chi connectivity index (χ2v) is 8.42. The molecule has 1 aliphatic rings. The first kappa shape index (κ1) is 12.5. The van der Waals surface area contributed by atoms with Crippen molar-refractivity contribution in [3.8, 4) is 12.3 Å². The molecule has 3 heteroatoms. The molecule has 2 atom stereocenters. The SMILES string of the molecule is C#CC(C)(O)CCC1C(C)(C)C1(Br)Br. The van der Waals surface area contributed by atoms with Crippen LogP contribution in [0.3, 0.4) is 0 Å². The van der Waals surface area contributed by atoms with Gasteiger partial charge in [-0.15, -0.1) is 6.42 Å². The molecule has 0 spiro atoms. The van der Waals surface area contributed by atoms with E-state index in [1.165, 1.54) is 0 Å². The normalized spacial score (nSPS) is 31.6. The lowest BCUT2D eigenvalue weighted by Gasteiger charge is -2.15. The second-order valence-electron chi connectivity index (χ2n) is 4.85. The fourth-order valence-corrected chi connectivity index (χ4v) is 3.72. The number of hydrogen-bond donors (Lipinski definition) is 1. The van der Waals surface area contributed by atoms with Crippen molar-refractivity contribution in [2.45, 2.75) is 42.4 Å². The van der Waals surface area contributed by atoms with Crippen LogP contribution in [0.25, 0.3) is 0 Å². The van der Waals surface area contributed by atoms with Gasteiger partial charge in [0.1, 0.15) is 5.60 Å². The van der Waals surface area contributed by atoms with Crippen molar-refractivity contribution in [2.24, 2.45) is 11.3 Å². The average molecular weight is 324 g/mol. The lowest BCUT2D eigenvalue weighted by atomic mass is 9.97. The molecule has 1 saturated carbocycles. The van der Waals surface area contributed by atoms with Crippen LogP contribution in [0.15, 0.2) is 0 Å². The van der Waals surface area contributed by atoms with E-state index >= 15 is 0 Å². The third-order valence-corrected chi connectivity index (χ3v) is 6.46. The summed E-state index contributed by atoms with van der Waals surface area (Å²) < 4.78 is 0.0255. The fraction of sp³-hybridized carbons (Fsp3) is 0.818. The first-order valence-electron chi connectivity index (χ1n) is 4.73. The summed E-state index contributed by atoms with van der Waals surface area (Å²) in [6.07, 6.45) is 6.81. The Morgan fingerprint density at radius 3 is 2.21 bits per heavy atom. The topological polar surface area (TPSA) is 20.2 Å². The van der Waals surface area contributed by atoms with Crippen LogP contribution in [-0.4, -0.2) is 13.9 Å². The maximum absolute atomic E-state index is 9.67. The molecule has 80 valence electrons. The van der Waals surface area contributed by atoms with Crippen LogP contribution in [0.5, 0.6) is 0 Å². The molecule has 0 aromatic carbocycles. The first-order valence-corrected chi connectivity index (χ1v) is 6.32. The Labute approximate surface area is 103 Å². The van der Waals surface area contributed by atoms with Crippen LogP contribution in [0.4, 0.5) is 0 Å². The minimum absolute atomic E-state index is 0.0255. The fourth-order valence-electron chi connectivity index (χ4n) is 1.80. The summed E-state index contributed by atoms with van der Waals surface area (Å²) in [5.41, 5.74) is -0.730. The molecular weight excluding hydrogens is 308 g/mol. The monoisotopic (exact) mass is 322 g/mol. The van der Waals surface area contributed by atoms with Gasteiger partial charge in [-0.05, 0) is 31.1 Å². The van der Waals surface area contributed by atoms with Gasteiger partial charge < -0.3 is 5.11 Å². The molecule has 0 heterocycles. The van der Waals surface area contributed by atoms with Gasteiger partial charge in [-0.3, -0.25) is 0 Å². The molecule has 14 heavy (non-hydrogen) atoms. The highest BCUT2D eigenvalue weighted by Gasteiger charge is 2.68. The third kappa shape index (κ3) is 2.03. The van der Waals surface area contributed by atoms with Gasteiger partial charge in [-0.25, -0.2) is 0 Å². The highest BCUT2D eigenvalue weighted by atomic mass is 79.9. The summed E-state index contributed by atoms with van der Waals surface area (Å²) >= 11 is 7.29. The summed E-state index contributed by atoms with van der Waals surface area (Å²) in [5.74, 6) is 2.93. The number of alkyl halides is 2. The summed E-state index contributed by atoms with van der Waals surface area (Å²) in [7, 11) is 0. The molecule has 0 aromatic rings. The van der Waals surface area contributed by atoms with E-state index in [4.69, 9.17) is 6.42 Å². The van der Waals surface area contributed by atoms with E-state index in [2.05, 4.69) is 51.6 Å². The zero-order valence-electron chi connectivity index (χ0n) is 8.77. The minimum Gasteiger partial charge on any atom is -0.378 e. The van der Waals surface area contributed by atoms with Crippen LogP contribution in [0.2, 0.25) is 0 Å². The van der Waals surface area contributed by atoms with E-state index in [9.17, 15) is 5.11 Å². The molecule has 1 fully saturated rings. The first-order chi connectivity index (χ1) is 6.15. The molecule has 1 aliphatic carbocycles. The maximum Gasteiger partial charge on any atom is 0.122 e. The molecule has 1 N–H and O–H groups in total. The summed E-state index contributed by atoms with van der Waals surface area (Å²) in [4.78, 5) is 0. The number of halogens is 2. The lowest BCUT2D eigenvalue weighted by molar-refractivity contribution is 0.107. The molecule has 0 radical (unpaired) electrons. The Kier molecular flexibility index (Phi) is 3.14. The van der Waals surface area contributed by atoms with Crippen molar-refractivity contribution in [3.63, 3.8) is 0 Å². The van der Waals surface area contributed by atoms with Gasteiger partial charge in [-0.1, -0.05) is 51.6 Å². The van der Waals surface area contributed by atoms with Crippen LogP contribution in [0, 0.1) is 23.7 Å². The van der Waals surface area contributed by atoms with Crippen molar-refractivity contribution in [1.29, 1.82) is 0 Å².